The van der Waals surface area contributed by atoms with Crippen molar-refractivity contribution in [1.29, 1.82) is 0 Å². The van der Waals surface area contributed by atoms with Crippen molar-refractivity contribution >= 4 is 16.8 Å². The molecular formula is C21H23N3O2. The Labute approximate surface area is 152 Å². The molecule has 0 spiro atoms. The van der Waals surface area contributed by atoms with Crippen molar-refractivity contribution in [3.8, 4) is 0 Å². The molecule has 0 unspecified atom stereocenters. The molecule has 4 rings (SSSR count). The first kappa shape index (κ1) is 16.6. The molecule has 1 aliphatic rings. The summed E-state index contributed by atoms with van der Waals surface area (Å²) in [6, 6.07) is 14.2. The molecule has 1 saturated carbocycles. The zero-order valence-corrected chi connectivity index (χ0v) is 14.7. The van der Waals surface area contributed by atoms with Gasteiger partial charge in [0.25, 0.3) is 5.56 Å². The summed E-state index contributed by atoms with van der Waals surface area (Å²) in [5.41, 5.74) is 1.66. The number of hydrogen-bond acceptors (Lipinski definition) is 2. The molecule has 0 bridgehead atoms. The maximum Gasteiger partial charge on any atom is 0.275 e. The van der Waals surface area contributed by atoms with E-state index in [0.717, 1.165) is 23.8 Å². The van der Waals surface area contributed by atoms with Crippen molar-refractivity contribution in [3.05, 3.63) is 70.8 Å². The van der Waals surface area contributed by atoms with E-state index < -0.39 is 0 Å². The van der Waals surface area contributed by atoms with Gasteiger partial charge in [0, 0.05) is 30.4 Å². The average molecular weight is 349 g/mol. The third-order valence-corrected chi connectivity index (χ3v) is 5.12. The number of hydrogen-bond donors (Lipinski definition) is 1. The maximum atomic E-state index is 12.9. The lowest BCUT2D eigenvalue weighted by atomic mass is 10.2. The fourth-order valence-corrected chi connectivity index (χ4v) is 3.78. The minimum absolute atomic E-state index is 0.0712. The first-order valence-corrected chi connectivity index (χ1v) is 9.22. The van der Waals surface area contributed by atoms with Gasteiger partial charge in [-0.1, -0.05) is 43.2 Å². The molecule has 0 aliphatic heterocycles. The highest BCUT2D eigenvalue weighted by Crippen LogP contribution is 2.17. The second-order valence-corrected chi connectivity index (χ2v) is 7.03. The Morgan fingerprint density at radius 3 is 2.42 bits per heavy atom. The standard InChI is InChI=1S/C21H23N3O2/c25-19(22-18-8-4-5-9-18)15-24-13-11-17-10-12-23(20(17)21(24)26)14-16-6-2-1-3-7-16/h1-3,6-7,10-13,18H,4-5,8-9,14-15H2,(H,22,25). The van der Waals surface area contributed by atoms with Crippen LogP contribution >= 0.6 is 0 Å². The van der Waals surface area contributed by atoms with Crippen molar-refractivity contribution in [3.63, 3.8) is 0 Å². The van der Waals surface area contributed by atoms with Crippen LogP contribution in [0, 0.1) is 0 Å². The largest absolute Gasteiger partial charge is 0.352 e. The smallest absolute Gasteiger partial charge is 0.275 e. The van der Waals surface area contributed by atoms with Gasteiger partial charge in [-0.2, -0.15) is 0 Å². The van der Waals surface area contributed by atoms with E-state index in [-0.39, 0.29) is 24.1 Å². The minimum atomic E-state index is -0.120. The summed E-state index contributed by atoms with van der Waals surface area (Å²) in [4.78, 5) is 25.2. The lowest BCUT2D eigenvalue weighted by molar-refractivity contribution is -0.122. The second kappa shape index (κ2) is 7.20. The Morgan fingerprint density at radius 2 is 1.69 bits per heavy atom. The van der Waals surface area contributed by atoms with Gasteiger partial charge in [0.15, 0.2) is 0 Å². The molecule has 1 fully saturated rings. The summed E-state index contributed by atoms with van der Waals surface area (Å²) in [7, 11) is 0. The Balaban J connectivity index is 1.58. The lowest BCUT2D eigenvalue weighted by Crippen LogP contribution is -2.37. The number of aromatic nitrogens is 2. The van der Waals surface area contributed by atoms with Gasteiger partial charge in [-0.05, 0) is 30.5 Å². The maximum absolute atomic E-state index is 12.9. The van der Waals surface area contributed by atoms with E-state index in [1.54, 1.807) is 6.20 Å². The van der Waals surface area contributed by atoms with Crippen LogP contribution in [0.5, 0.6) is 0 Å². The molecule has 134 valence electrons. The Hall–Kier alpha value is -2.82. The topological polar surface area (TPSA) is 56.0 Å². The number of carbonyl (C=O) groups is 1. The molecule has 0 atom stereocenters. The Kier molecular flexibility index (Phi) is 4.61. The lowest BCUT2D eigenvalue weighted by Gasteiger charge is -2.13. The number of fused-ring (bicyclic) bond motifs is 1. The van der Waals surface area contributed by atoms with Crippen molar-refractivity contribution in [2.24, 2.45) is 0 Å². The number of amides is 1. The Morgan fingerprint density at radius 1 is 1.00 bits per heavy atom. The predicted molar refractivity (Wildman–Crippen MR) is 102 cm³/mol. The molecule has 0 radical (unpaired) electrons. The van der Waals surface area contributed by atoms with Gasteiger partial charge < -0.3 is 14.5 Å². The van der Waals surface area contributed by atoms with E-state index in [1.165, 1.54) is 17.4 Å². The molecule has 1 amide bonds. The van der Waals surface area contributed by atoms with Crippen LogP contribution in [0.25, 0.3) is 10.9 Å². The van der Waals surface area contributed by atoms with E-state index in [2.05, 4.69) is 5.32 Å². The van der Waals surface area contributed by atoms with E-state index in [0.29, 0.717) is 12.1 Å². The SMILES string of the molecule is O=C(Cn1ccc2ccn(Cc3ccccc3)c2c1=O)NC1CCCC1. The van der Waals surface area contributed by atoms with Gasteiger partial charge in [0.1, 0.15) is 12.1 Å². The predicted octanol–water partition coefficient (Wildman–Crippen LogP) is 2.91. The summed E-state index contributed by atoms with van der Waals surface area (Å²) < 4.78 is 3.46. The van der Waals surface area contributed by atoms with Crippen molar-refractivity contribution < 1.29 is 4.79 Å². The highest BCUT2D eigenvalue weighted by molar-refractivity contribution is 5.80. The van der Waals surface area contributed by atoms with Crippen LogP contribution < -0.4 is 10.9 Å². The molecule has 26 heavy (non-hydrogen) atoms. The first-order chi connectivity index (χ1) is 12.7. The number of nitrogens with zero attached hydrogens (tertiary/aromatic N) is 2. The number of pyridine rings is 1. The molecular weight excluding hydrogens is 326 g/mol. The average Bonchev–Trinajstić information content (AvgIpc) is 3.29. The molecule has 3 aromatic rings. The van der Waals surface area contributed by atoms with Gasteiger partial charge in [0.2, 0.25) is 5.91 Å². The van der Waals surface area contributed by atoms with Gasteiger partial charge in [-0.15, -0.1) is 0 Å². The highest BCUT2D eigenvalue weighted by atomic mass is 16.2. The van der Waals surface area contributed by atoms with E-state index in [1.807, 2.05) is 53.2 Å². The quantitative estimate of drug-likeness (QED) is 0.770. The van der Waals surface area contributed by atoms with Crippen LogP contribution in [0.2, 0.25) is 0 Å². The molecule has 1 N–H and O–H groups in total. The summed E-state index contributed by atoms with van der Waals surface area (Å²) in [6.07, 6.45) is 8.07. The van der Waals surface area contributed by atoms with E-state index in [4.69, 9.17) is 0 Å². The molecule has 5 nitrogen and oxygen atoms in total. The van der Waals surface area contributed by atoms with Crippen molar-refractivity contribution in [2.45, 2.75) is 44.8 Å². The van der Waals surface area contributed by atoms with Crippen LogP contribution in [0.3, 0.4) is 0 Å². The number of carbonyl (C=O) groups excluding carboxylic acids is 1. The van der Waals surface area contributed by atoms with Crippen molar-refractivity contribution in [1.82, 2.24) is 14.5 Å². The fourth-order valence-electron chi connectivity index (χ4n) is 3.78. The molecule has 2 aromatic heterocycles. The van der Waals surface area contributed by atoms with Crippen LogP contribution in [-0.4, -0.2) is 21.1 Å². The van der Waals surface area contributed by atoms with Crippen LogP contribution in [0.1, 0.15) is 31.2 Å². The second-order valence-electron chi connectivity index (χ2n) is 7.03. The summed E-state index contributed by atoms with van der Waals surface area (Å²) in [5.74, 6) is -0.0838. The van der Waals surface area contributed by atoms with Gasteiger partial charge in [-0.3, -0.25) is 9.59 Å². The Bertz CT molecular complexity index is 966. The normalized spacial score (nSPS) is 14.8. The zero-order chi connectivity index (χ0) is 17.9. The third kappa shape index (κ3) is 3.43. The summed E-state index contributed by atoms with van der Waals surface area (Å²) >= 11 is 0. The fraction of sp³-hybridized carbons (Fsp3) is 0.333. The molecule has 2 heterocycles. The highest BCUT2D eigenvalue weighted by Gasteiger charge is 2.18. The monoisotopic (exact) mass is 349 g/mol. The van der Waals surface area contributed by atoms with Crippen molar-refractivity contribution in [2.75, 3.05) is 0 Å². The van der Waals surface area contributed by atoms with Crippen LogP contribution in [0.15, 0.2) is 59.7 Å². The number of benzene rings is 1. The third-order valence-electron chi connectivity index (χ3n) is 5.12. The van der Waals surface area contributed by atoms with E-state index >= 15 is 0 Å². The molecule has 1 aliphatic carbocycles. The van der Waals surface area contributed by atoms with Crippen LogP contribution in [-0.2, 0) is 17.9 Å². The summed E-state index contributed by atoms with van der Waals surface area (Å²) in [6.45, 7) is 0.708. The molecule has 1 aromatic carbocycles. The molecule has 5 heteroatoms. The number of rotatable bonds is 5. The molecule has 0 saturated heterocycles. The van der Waals surface area contributed by atoms with Gasteiger partial charge >= 0.3 is 0 Å². The summed E-state index contributed by atoms with van der Waals surface area (Å²) in [5, 5.41) is 3.95. The number of nitrogens with one attached hydrogen (secondary N) is 1. The van der Waals surface area contributed by atoms with E-state index in [9.17, 15) is 9.59 Å². The van der Waals surface area contributed by atoms with Gasteiger partial charge in [0.05, 0.1) is 0 Å². The van der Waals surface area contributed by atoms with Crippen LogP contribution in [0.4, 0.5) is 0 Å². The first-order valence-electron chi connectivity index (χ1n) is 9.22. The minimum Gasteiger partial charge on any atom is -0.352 e. The zero-order valence-electron chi connectivity index (χ0n) is 14.7. The van der Waals surface area contributed by atoms with Gasteiger partial charge in [-0.25, -0.2) is 0 Å².